The fraction of sp³-hybridized carbons (Fsp3) is 0.500. The fourth-order valence-electron chi connectivity index (χ4n) is 1.78. The highest BCUT2D eigenvalue weighted by Crippen LogP contribution is 2.28. The van der Waals surface area contributed by atoms with Gasteiger partial charge >= 0.3 is 0 Å². The quantitative estimate of drug-likeness (QED) is 0.683. The van der Waals surface area contributed by atoms with Gasteiger partial charge in [0.25, 0.3) is 0 Å². The van der Waals surface area contributed by atoms with Gasteiger partial charge in [-0.05, 0) is 24.1 Å². The standard InChI is InChI=1S/C14H21NO5/c1-9(16)15-5-4-13(17)14(18)10-6-11(19-2)8-12(7-10)20-3/h6-8,13-14,17-18H,4-5H2,1-3H3,(H,15,16). The summed E-state index contributed by atoms with van der Waals surface area (Å²) in [5.74, 6) is 0.898. The minimum atomic E-state index is -1.08. The first-order valence-electron chi connectivity index (χ1n) is 6.31. The van der Waals surface area contributed by atoms with Crippen LogP contribution in [0.4, 0.5) is 0 Å². The van der Waals surface area contributed by atoms with E-state index in [0.29, 0.717) is 23.6 Å². The van der Waals surface area contributed by atoms with E-state index >= 15 is 0 Å². The van der Waals surface area contributed by atoms with Crippen molar-refractivity contribution in [1.82, 2.24) is 5.32 Å². The summed E-state index contributed by atoms with van der Waals surface area (Å²) in [7, 11) is 3.02. The van der Waals surface area contributed by atoms with Gasteiger partial charge in [-0.15, -0.1) is 0 Å². The van der Waals surface area contributed by atoms with Crippen molar-refractivity contribution in [2.75, 3.05) is 20.8 Å². The van der Waals surface area contributed by atoms with E-state index in [1.165, 1.54) is 21.1 Å². The molecule has 0 fully saturated rings. The second-order valence-electron chi connectivity index (χ2n) is 4.43. The fourth-order valence-corrected chi connectivity index (χ4v) is 1.78. The third-order valence-electron chi connectivity index (χ3n) is 2.89. The number of aliphatic hydroxyl groups excluding tert-OH is 2. The molecule has 6 nitrogen and oxygen atoms in total. The Morgan fingerprint density at radius 3 is 2.20 bits per heavy atom. The molecule has 1 amide bonds. The Morgan fingerprint density at radius 1 is 1.20 bits per heavy atom. The number of aliphatic hydroxyl groups is 2. The number of hydrogen-bond donors (Lipinski definition) is 3. The van der Waals surface area contributed by atoms with Crippen LogP contribution < -0.4 is 14.8 Å². The molecule has 2 unspecified atom stereocenters. The lowest BCUT2D eigenvalue weighted by molar-refractivity contribution is -0.119. The van der Waals surface area contributed by atoms with Crippen LogP contribution in [0.5, 0.6) is 11.5 Å². The molecule has 20 heavy (non-hydrogen) atoms. The van der Waals surface area contributed by atoms with Gasteiger partial charge in [-0.3, -0.25) is 4.79 Å². The highest BCUT2D eigenvalue weighted by molar-refractivity contribution is 5.72. The average Bonchev–Trinajstić information content (AvgIpc) is 2.45. The highest BCUT2D eigenvalue weighted by Gasteiger charge is 2.19. The zero-order chi connectivity index (χ0) is 15.1. The van der Waals surface area contributed by atoms with E-state index in [4.69, 9.17) is 9.47 Å². The molecule has 0 aliphatic heterocycles. The van der Waals surface area contributed by atoms with Crippen molar-refractivity contribution in [2.24, 2.45) is 0 Å². The second-order valence-corrected chi connectivity index (χ2v) is 4.43. The van der Waals surface area contributed by atoms with E-state index in [-0.39, 0.29) is 12.3 Å². The zero-order valence-electron chi connectivity index (χ0n) is 11.9. The Bertz CT molecular complexity index is 427. The van der Waals surface area contributed by atoms with Crippen LogP contribution >= 0.6 is 0 Å². The van der Waals surface area contributed by atoms with Crippen molar-refractivity contribution in [1.29, 1.82) is 0 Å². The molecule has 0 aliphatic rings. The van der Waals surface area contributed by atoms with E-state index in [1.807, 2.05) is 0 Å². The lowest BCUT2D eigenvalue weighted by Gasteiger charge is -2.19. The Labute approximate surface area is 118 Å². The van der Waals surface area contributed by atoms with Gasteiger partial charge in [0.15, 0.2) is 0 Å². The van der Waals surface area contributed by atoms with Crippen LogP contribution in [0.1, 0.15) is 25.0 Å². The van der Waals surface area contributed by atoms with Gasteiger partial charge in [-0.2, -0.15) is 0 Å². The summed E-state index contributed by atoms with van der Waals surface area (Å²) in [6, 6.07) is 4.95. The minimum absolute atomic E-state index is 0.172. The maximum atomic E-state index is 10.7. The van der Waals surface area contributed by atoms with Crippen molar-refractivity contribution in [3.8, 4) is 11.5 Å². The first-order valence-corrected chi connectivity index (χ1v) is 6.31. The van der Waals surface area contributed by atoms with Crippen molar-refractivity contribution in [2.45, 2.75) is 25.6 Å². The third kappa shape index (κ3) is 4.71. The molecule has 1 aromatic rings. The second kappa shape index (κ2) is 7.72. The Hall–Kier alpha value is -1.79. The van der Waals surface area contributed by atoms with Crippen LogP contribution in [0.25, 0.3) is 0 Å². The number of amides is 1. The first kappa shape index (κ1) is 16.3. The molecule has 6 heteroatoms. The molecule has 3 N–H and O–H groups in total. The predicted molar refractivity (Wildman–Crippen MR) is 73.8 cm³/mol. The molecule has 2 atom stereocenters. The number of benzene rings is 1. The summed E-state index contributed by atoms with van der Waals surface area (Å²) >= 11 is 0. The Kier molecular flexibility index (Phi) is 6.27. The molecule has 0 radical (unpaired) electrons. The number of hydrogen-bond acceptors (Lipinski definition) is 5. The topological polar surface area (TPSA) is 88.0 Å². The number of rotatable bonds is 7. The molecule has 112 valence electrons. The average molecular weight is 283 g/mol. The van der Waals surface area contributed by atoms with Gasteiger partial charge in [0.2, 0.25) is 5.91 Å². The van der Waals surface area contributed by atoms with Gasteiger partial charge in [-0.1, -0.05) is 0 Å². The third-order valence-corrected chi connectivity index (χ3v) is 2.89. The van der Waals surface area contributed by atoms with Gasteiger partial charge in [0.1, 0.15) is 17.6 Å². The lowest BCUT2D eigenvalue weighted by Crippen LogP contribution is -2.27. The molecule has 0 saturated heterocycles. The maximum Gasteiger partial charge on any atom is 0.216 e. The van der Waals surface area contributed by atoms with E-state index in [1.54, 1.807) is 18.2 Å². The van der Waals surface area contributed by atoms with Crippen LogP contribution in [0.15, 0.2) is 18.2 Å². The number of nitrogens with one attached hydrogen (secondary N) is 1. The summed E-state index contributed by atoms with van der Waals surface area (Å²) in [5, 5.41) is 22.6. The summed E-state index contributed by atoms with van der Waals surface area (Å²) in [5.41, 5.74) is 0.497. The van der Waals surface area contributed by atoms with Crippen LogP contribution in [-0.2, 0) is 4.79 Å². The molecular weight excluding hydrogens is 262 g/mol. The maximum absolute atomic E-state index is 10.7. The normalized spacial score (nSPS) is 13.4. The Morgan fingerprint density at radius 2 is 1.75 bits per heavy atom. The van der Waals surface area contributed by atoms with Crippen molar-refractivity contribution < 1.29 is 24.5 Å². The van der Waals surface area contributed by atoms with Gasteiger partial charge in [0.05, 0.1) is 20.3 Å². The number of carbonyl (C=O) groups excluding carboxylic acids is 1. The number of carbonyl (C=O) groups is 1. The summed E-state index contributed by atoms with van der Waals surface area (Å²) in [6.07, 6.45) is -1.81. The summed E-state index contributed by atoms with van der Waals surface area (Å²) in [4.78, 5) is 10.7. The first-order chi connectivity index (χ1) is 9.47. The van der Waals surface area contributed by atoms with Crippen LogP contribution in [-0.4, -0.2) is 43.0 Å². The van der Waals surface area contributed by atoms with Crippen LogP contribution in [0.2, 0.25) is 0 Å². The molecule has 1 aromatic carbocycles. The molecular formula is C14H21NO5. The smallest absolute Gasteiger partial charge is 0.216 e. The van der Waals surface area contributed by atoms with E-state index < -0.39 is 12.2 Å². The Balaban J connectivity index is 2.74. The van der Waals surface area contributed by atoms with E-state index in [0.717, 1.165) is 0 Å². The number of ether oxygens (including phenoxy) is 2. The molecule has 0 bridgehead atoms. The SMILES string of the molecule is COc1cc(OC)cc(C(O)C(O)CCNC(C)=O)c1. The minimum Gasteiger partial charge on any atom is -0.497 e. The predicted octanol–water partition coefficient (Wildman–Crippen LogP) is 0.624. The van der Waals surface area contributed by atoms with Crippen molar-refractivity contribution in [3.05, 3.63) is 23.8 Å². The molecule has 0 heterocycles. The van der Waals surface area contributed by atoms with Gasteiger partial charge in [-0.25, -0.2) is 0 Å². The van der Waals surface area contributed by atoms with E-state index in [2.05, 4.69) is 5.32 Å². The lowest BCUT2D eigenvalue weighted by atomic mass is 10.0. The van der Waals surface area contributed by atoms with Crippen LogP contribution in [0.3, 0.4) is 0 Å². The van der Waals surface area contributed by atoms with Crippen molar-refractivity contribution in [3.63, 3.8) is 0 Å². The van der Waals surface area contributed by atoms with Crippen LogP contribution in [0, 0.1) is 0 Å². The summed E-state index contributed by atoms with van der Waals surface area (Å²) < 4.78 is 10.2. The molecule has 1 rings (SSSR count). The zero-order valence-corrected chi connectivity index (χ0v) is 11.9. The molecule has 0 aromatic heterocycles. The molecule has 0 aliphatic carbocycles. The highest BCUT2D eigenvalue weighted by atomic mass is 16.5. The molecule has 0 saturated carbocycles. The van der Waals surface area contributed by atoms with Gasteiger partial charge in [0, 0.05) is 19.5 Å². The summed E-state index contributed by atoms with van der Waals surface area (Å²) in [6.45, 7) is 1.70. The molecule has 0 spiro atoms. The monoisotopic (exact) mass is 283 g/mol. The number of methoxy groups -OCH3 is 2. The van der Waals surface area contributed by atoms with Crippen molar-refractivity contribution >= 4 is 5.91 Å². The van der Waals surface area contributed by atoms with Gasteiger partial charge < -0.3 is 25.0 Å². The van der Waals surface area contributed by atoms with E-state index in [9.17, 15) is 15.0 Å². The largest absolute Gasteiger partial charge is 0.497 e.